The zero-order valence-electron chi connectivity index (χ0n) is 22.2. The topological polar surface area (TPSA) is 135 Å². The largest absolute Gasteiger partial charge is 0.490 e. The van der Waals surface area contributed by atoms with Crippen molar-refractivity contribution in [2.45, 2.75) is 57.2 Å². The van der Waals surface area contributed by atoms with Crippen LogP contribution in [0.4, 0.5) is 21.8 Å². The molecule has 0 saturated carbocycles. The monoisotopic (exact) mass is 539 g/mol. The van der Waals surface area contributed by atoms with E-state index in [9.17, 15) is 9.50 Å². The van der Waals surface area contributed by atoms with Gasteiger partial charge in [-0.05, 0) is 74.7 Å². The fourth-order valence-electron chi connectivity index (χ4n) is 5.98. The molecule has 3 N–H and O–H groups in total. The van der Waals surface area contributed by atoms with Crippen molar-refractivity contribution in [3.63, 3.8) is 0 Å². The summed E-state index contributed by atoms with van der Waals surface area (Å²) in [5.41, 5.74) is 0.878. The second-order valence-corrected chi connectivity index (χ2v) is 11.5. The van der Waals surface area contributed by atoms with Gasteiger partial charge >= 0.3 is 0 Å². The number of aromatic nitrogens is 6. The highest BCUT2D eigenvalue weighted by atomic mass is 19.1. The van der Waals surface area contributed by atoms with E-state index in [2.05, 4.69) is 54.9 Å². The number of nitrogens with zero attached hydrogens (tertiary/aromatic N) is 7. The first kappa shape index (κ1) is 25.8. The second-order valence-electron chi connectivity index (χ2n) is 11.5. The fraction of sp³-hybridized carbons (Fsp3) is 0.577. The Hall–Kier alpha value is -3.42. The summed E-state index contributed by atoms with van der Waals surface area (Å²) in [6.45, 7) is 6.81. The van der Waals surface area contributed by atoms with E-state index in [0.29, 0.717) is 36.4 Å². The van der Waals surface area contributed by atoms with Gasteiger partial charge in [0.1, 0.15) is 24.4 Å². The van der Waals surface area contributed by atoms with Crippen LogP contribution in [0, 0.1) is 11.2 Å². The minimum absolute atomic E-state index is 0.0254. The van der Waals surface area contributed by atoms with E-state index in [1.807, 2.05) is 6.07 Å². The standard InChI is InChI=1S/C26H34FN9O3/c1-25(2)10-18(8-19-4-3-7-35(19)25)30-23-20(27)11-28-24(32-23)31-17-5-6-22(21(9-17)36-16-29-33-34-36)39-15-26(12-37)13-38-14-26/h5-6,9,11,16,18-19,37H,3-4,7-8,10,12-15H2,1-2H3,(H2,28,30,31,32). The molecule has 39 heavy (non-hydrogen) atoms. The van der Waals surface area contributed by atoms with Crippen LogP contribution in [0.3, 0.4) is 0 Å². The van der Waals surface area contributed by atoms with E-state index >= 15 is 0 Å². The third-order valence-corrected chi connectivity index (χ3v) is 8.04. The fourth-order valence-corrected chi connectivity index (χ4v) is 5.98. The van der Waals surface area contributed by atoms with Crippen LogP contribution in [0.15, 0.2) is 30.7 Å². The molecule has 3 saturated heterocycles. The van der Waals surface area contributed by atoms with Crippen LogP contribution in [0.25, 0.3) is 5.69 Å². The number of nitrogens with one attached hydrogen (secondary N) is 2. The van der Waals surface area contributed by atoms with Gasteiger partial charge in [-0.25, -0.2) is 9.37 Å². The predicted octanol–water partition coefficient (Wildman–Crippen LogP) is 2.54. The van der Waals surface area contributed by atoms with Crippen molar-refractivity contribution in [3.8, 4) is 11.4 Å². The Kier molecular flexibility index (Phi) is 6.81. The minimum Gasteiger partial charge on any atom is -0.490 e. The number of benzene rings is 1. The van der Waals surface area contributed by atoms with Crippen molar-refractivity contribution < 1.29 is 19.0 Å². The Bertz CT molecular complexity index is 1300. The molecule has 208 valence electrons. The lowest BCUT2D eigenvalue weighted by atomic mass is 9.84. The number of hydrogen-bond donors (Lipinski definition) is 3. The number of rotatable bonds is 9. The Labute approximate surface area is 225 Å². The maximum atomic E-state index is 14.8. The van der Waals surface area contributed by atoms with Gasteiger partial charge in [0, 0.05) is 23.3 Å². The van der Waals surface area contributed by atoms with Crippen LogP contribution in [0.1, 0.15) is 39.5 Å². The Balaban J connectivity index is 1.19. The number of aliphatic hydroxyl groups excluding tert-OH is 1. The molecule has 0 bridgehead atoms. The van der Waals surface area contributed by atoms with Gasteiger partial charge in [-0.3, -0.25) is 4.90 Å². The number of aliphatic hydroxyl groups is 1. The molecule has 3 aliphatic rings. The molecule has 1 aromatic carbocycles. The highest BCUT2D eigenvalue weighted by Gasteiger charge is 2.43. The van der Waals surface area contributed by atoms with Crippen LogP contribution in [-0.4, -0.2) is 90.8 Å². The summed E-state index contributed by atoms with van der Waals surface area (Å²) in [4.78, 5) is 11.2. The van der Waals surface area contributed by atoms with Gasteiger partial charge < -0.3 is 25.2 Å². The zero-order valence-corrected chi connectivity index (χ0v) is 22.2. The van der Waals surface area contributed by atoms with Crippen molar-refractivity contribution in [2.24, 2.45) is 5.41 Å². The van der Waals surface area contributed by atoms with Crippen LogP contribution in [-0.2, 0) is 4.74 Å². The molecule has 0 amide bonds. The number of piperidine rings is 1. The van der Waals surface area contributed by atoms with Gasteiger partial charge in [0.2, 0.25) is 5.95 Å². The van der Waals surface area contributed by atoms with Gasteiger partial charge in [0.15, 0.2) is 11.6 Å². The summed E-state index contributed by atoms with van der Waals surface area (Å²) in [5.74, 6) is 0.509. The lowest BCUT2D eigenvalue weighted by Crippen LogP contribution is -2.55. The van der Waals surface area contributed by atoms with Crippen LogP contribution >= 0.6 is 0 Å². The van der Waals surface area contributed by atoms with Gasteiger partial charge in [0.05, 0.1) is 31.4 Å². The molecule has 3 fully saturated rings. The SMILES string of the molecule is CC1(C)CC(Nc2nc(Nc3ccc(OCC4(CO)COC4)c(-n4cnnn4)c3)ncc2F)CC2CCCN21. The molecule has 6 rings (SSSR count). The summed E-state index contributed by atoms with van der Waals surface area (Å²) in [6.07, 6.45) is 6.92. The van der Waals surface area contributed by atoms with E-state index in [-0.39, 0.29) is 36.6 Å². The molecule has 12 nitrogen and oxygen atoms in total. The Morgan fingerprint density at radius 2 is 2.15 bits per heavy atom. The molecular formula is C26H34FN9O3. The molecule has 0 spiro atoms. The average molecular weight is 540 g/mol. The molecule has 13 heteroatoms. The van der Waals surface area contributed by atoms with Gasteiger partial charge in [-0.1, -0.05) is 0 Å². The second kappa shape index (κ2) is 10.3. The molecule has 3 aliphatic heterocycles. The van der Waals surface area contributed by atoms with E-state index < -0.39 is 11.2 Å². The summed E-state index contributed by atoms with van der Waals surface area (Å²) in [7, 11) is 0. The van der Waals surface area contributed by atoms with E-state index in [1.165, 1.54) is 30.0 Å². The predicted molar refractivity (Wildman–Crippen MR) is 141 cm³/mol. The molecule has 0 aliphatic carbocycles. The first-order valence-corrected chi connectivity index (χ1v) is 13.4. The lowest BCUT2D eigenvalue weighted by Gasteiger charge is -2.47. The maximum Gasteiger partial charge on any atom is 0.229 e. The molecule has 2 unspecified atom stereocenters. The number of hydrogen-bond acceptors (Lipinski definition) is 11. The van der Waals surface area contributed by atoms with Crippen LogP contribution in [0.5, 0.6) is 5.75 Å². The average Bonchev–Trinajstić information content (AvgIpc) is 3.59. The first-order valence-electron chi connectivity index (χ1n) is 13.4. The number of fused-ring (bicyclic) bond motifs is 1. The summed E-state index contributed by atoms with van der Waals surface area (Å²) < 4.78 is 27.6. The number of ether oxygens (including phenoxy) is 2. The zero-order chi connectivity index (χ0) is 27.0. The van der Waals surface area contributed by atoms with Crippen LogP contribution in [0.2, 0.25) is 0 Å². The smallest absolute Gasteiger partial charge is 0.229 e. The van der Waals surface area contributed by atoms with Gasteiger partial charge in [0.25, 0.3) is 0 Å². The van der Waals surface area contributed by atoms with Gasteiger partial charge in [-0.15, -0.1) is 5.10 Å². The summed E-state index contributed by atoms with van der Waals surface area (Å²) in [6, 6.07) is 6.03. The summed E-state index contributed by atoms with van der Waals surface area (Å²) >= 11 is 0. The normalized spacial score (nSPS) is 23.6. The molecular weight excluding hydrogens is 505 g/mol. The Morgan fingerprint density at radius 1 is 1.28 bits per heavy atom. The minimum atomic E-state index is -0.483. The Morgan fingerprint density at radius 3 is 2.90 bits per heavy atom. The van der Waals surface area contributed by atoms with Crippen molar-refractivity contribution in [2.75, 3.05) is 43.6 Å². The molecule has 3 aromatic rings. The lowest BCUT2D eigenvalue weighted by molar-refractivity contribution is -0.153. The van der Waals surface area contributed by atoms with E-state index in [0.717, 1.165) is 19.4 Å². The molecule has 5 heterocycles. The van der Waals surface area contributed by atoms with Gasteiger partial charge in [-0.2, -0.15) is 9.67 Å². The summed E-state index contributed by atoms with van der Waals surface area (Å²) in [5, 5.41) is 27.7. The van der Waals surface area contributed by atoms with Crippen molar-refractivity contribution >= 4 is 17.5 Å². The van der Waals surface area contributed by atoms with Crippen molar-refractivity contribution in [1.29, 1.82) is 0 Å². The highest BCUT2D eigenvalue weighted by Crippen LogP contribution is 2.39. The highest BCUT2D eigenvalue weighted by molar-refractivity contribution is 5.62. The number of halogens is 1. The van der Waals surface area contributed by atoms with E-state index in [4.69, 9.17) is 9.47 Å². The molecule has 2 atom stereocenters. The number of tetrazole rings is 1. The first-order chi connectivity index (χ1) is 18.8. The van der Waals surface area contributed by atoms with Crippen molar-refractivity contribution in [3.05, 3.63) is 36.5 Å². The molecule has 0 radical (unpaired) electrons. The quantitative estimate of drug-likeness (QED) is 0.370. The van der Waals surface area contributed by atoms with E-state index in [1.54, 1.807) is 12.1 Å². The van der Waals surface area contributed by atoms with Crippen LogP contribution < -0.4 is 15.4 Å². The number of anilines is 3. The third-order valence-electron chi connectivity index (χ3n) is 8.04. The maximum absolute atomic E-state index is 14.8. The third kappa shape index (κ3) is 5.25. The molecule has 2 aromatic heterocycles. The van der Waals surface area contributed by atoms with Crippen molar-refractivity contribution in [1.82, 2.24) is 35.1 Å².